The van der Waals surface area contributed by atoms with Gasteiger partial charge in [0.2, 0.25) is 5.69 Å². The zero-order chi connectivity index (χ0) is 12.5. The summed E-state index contributed by atoms with van der Waals surface area (Å²) in [6.07, 6.45) is 9.12. The maximum Gasteiger partial charge on any atom is 0.213 e. The molecule has 1 nitrogen and oxygen atoms in total. The van der Waals surface area contributed by atoms with Crippen LogP contribution in [0.4, 0.5) is 0 Å². The quantitative estimate of drug-likeness (QED) is 0.668. The monoisotopic (exact) mass is 236 g/mol. The fraction of sp³-hybridized carbons (Fsp3) is 0.235. The van der Waals surface area contributed by atoms with Crippen LogP contribution in [0.2, 0.25) is 0 Å². The van der Waals surface area contributed by atoms with Gasteiger partial charge in [-0.05, 0) is 37.0 Å². The van der Waals surface area contributed by atoms with Gasteiger partial charge in [-0.3, -0.25) is 0 Å². The number of rotatable bonds is 1. The van der Waals surface area contributed by atoms with Crippen LogP contribution in [0.1, 0.15) is 23.1 Å². The molecule has 90 valence electrons. The molecule has 0 saturated carbocycles. The molecule has 0 amide bonds. The summed E-state index contributed by atoms with van der Waals surface area (Å²) < 4.78 is 2.25. The molecule has 3 rings (SSSR count). The lowest BCUT2D eigenvalue weighted by molar-refractivity contribution is -0.660. The highest BCUT2D eigenvalue weighted by atomic mass is 14.9. The largest absolute Gasteiger partial charge is 0.213 e. The number of allylic oxidation sites excluding steroid dienone is 1. The van der Waals surface area contributed by atoms with Crippen molar-refractivity contribution in [2.45, 2.75) is 19.8 Å². The summed E-state index contributed by atoms with van der Waals surface area (Å²) in [6.45, 7) is 2.17. The average molecular weight is 236 g/mol. The molecule has 1 aromatic carbocycles. The van der Waals surface area contributed by atoms with Gasteiger partial charge < -0.3 is 0 Å². The number of hydrogen-bond donors (Lipinski definition) is 0. The van der Waals surface area contributed by atoms with Crippen molar-refractivity contribution in [2.75, 3.05) is 0 Å². The molecule has 18 heavy (non-hydrogen) atoms. The van der Waals surface area contributed by atoms with Gasteiger partial charge in [-0.15, -0.1) is 0 Å². The molecule has 0 unspecified atom stereocenters. The molecule has 0 bridgehead atoms. The highest BCUT2D eigenvalue weighted by Crippen LogP contribution is 2.25. The highest BCUT2D eigenvalue weighted by Gasteiger charge is 2.16. The minimum Gasteiger partial charge on any atom is -0.201 e. The minimum absolute atomic E-state index is 1.16. The van der Waals surface area contributed by atoms with Crippen molar-refractivity contribution in [3.63, 3.8) is 0 Å². The molecule has 0 fully saturated rings. The molecule has 1 heterocycles. The second-order valence-electron chi connectivity index (χ2n) is 5.01. The summed E-state index contributed by atoms with van der Waals surface area (Å²) in [5.41, 5.74) is 6.77. The topological polar surface area (TPSA) is 3.88 Å². The number of fused-ring (bicyclic) bond motifs is 1. The average Bonchev–Trinajstić information content (AvgIpc) is 2.39. The van der Waals surface area contributed by atoms with Gasteiger partial charge in [-0.2, -0.15) is 0 Å². The Kier molecular flexibility index (Phi) is 2.75. The van der Waals surface area contributed by atoms with Crippen LogP contribution < -0.4 is 4.57 Å². The first-order chi connectivity index (χ1) is 8.75. The molecule has 1 aromatic heterocycles. The fourth-order valence-corrected chi connectivity index (χ4v) is 2.66. The van der Waals surface area contributed by atoms with Crippen molar-refractivity contribution in [1.29, 1.82) is 0 Å². The van der Waals surface area contributed by atoms with Crippen molar-refractivity contribution in [2.24, 2.45) is 7.05 Å². The number of hydrogen-bond acceptors (Lipinski definition) is 0. The van der Waals surface area contributed by atoms with Crippen molar-refractivity contribution < 1.29 is 4.57 Å². The lowest BCUT2D eigenvalue weighted by Gasteiger charge is -2.11. The summed E-state index contributed by atoms with van der Waals surface area (Å²) in [5.74, 6) is 0. The number of aryl methyl sites for hydroxylation is 3. The zero-order valence-corrected chi connectivity index (χ0v) is 11.0. The van der Waals surface area contributed by atoms with Crippen LogP contribution in [0.15, 0.2) is 42.6 Å². The van der Waals surface area contributed by atoms with Crippen LogP contribution in [-0.2, 0) is 13.5 Å². The van der Waals surface area contributed by atoms with Crippen molar-refractivity contribution in [1.82, 2.24) is 0 Å². The maximum absolute atomic E-state index is 2.31. The number of pyridine rings is 1. The van der Waals surface area contributed by atoms with Gasteiger partial charge in [0.1, 0.15) is 7.05 Å². The van der Waals surface area contributed by atoms with E-state index in [1.165, 1.54) is 27.9 Å². The molecule has 0 aliphatic heterocycles. The number of aromatic nitrogens is 1. The van der Waals surface area contributed by atoms with Crippen LogP contribution in [0, 0.1) is 6.92 Å². The first-order valence-electron chi connectivity index (χ1n) is 6.51. The third kappa shape index (κ3) is 1.86. The van der Waals surface area contributed by atoms with Gasteiger partial charge in [0, 0.05) is 17.2 Å². The minimum atomic E-state index is 1.16. The normalized spacial score (nSPS) is 13.4. The molecule has 2 aromatic rings. The highest BCUT2D eigenvalue weighted by molar-refractivity contribution is 5.66. The molecule has 1 aliphatic carbocycles. The maximum atomic E-state index is 2.31. The Labute approximate surface area is 108 Å². The van der Waals surface area contributed by atoms with E-state index in [2.05, 4.69) is 67.2 Å². The Bertz CT molecular complexity index is 624. The molecule has 0 N–H and O–H groups in total. The second-order valence-corrected chi connectivity index (χ2v) is 5.01. The summed E-state index contributed by atoms with van der Waals surface area (Å²) in [6, 6.07) is 10.9. The second kappa shape index (κ2) is 4.41. The van der Waals surface area contributed by atoms with Gasteiger partial charge in [0.15, 0.2) is 6.20 Å². The molecule has 1 aliphatic rings. The molecule has 0 radical (unpaired) electrons. The van der Waals surface area contributed by atoms with E-state index < -0.39 is 0 Å². The van der Waals surface area contributed by atoms with E-state index in [0.29, 0.717) is 0 Å². The predicted molar refractivity (Wildman–Crippen MR) is 75.1 cm³/mol. The molecule has 0 atom stereocenters. The summed E-state index contributed by atoms with van der Waals surface area (Å²) in [4.78, 5) is 0. The molecular formula is C17H18N+. The van der Waals surface area contributed by atoms with Gasteiger partial charge >= 0.3 is 0 Å². The smallest absolute Gasteiger partial charge is 0.201 e. The van der Waals surface area contributed by atoms with E-state index in [0.717, 1.165) is 12.8 Å². The zero-order valence-electron chi connectivity index (χ0n) is 11.0. The van der Waals surface area contributed by atoms with Crippen LogP contribution >= 0.6 is 0 Å². The predicted octanol–water partition coefficient (Wildman–Crippen LogP) is 3.45. The standard InChI is InChI=1S/C17H18N/c1-13-7-3-6-10-16(13)17-11-14-8-4-5-9-15(14)12-18(17)2/h3-4,6-8,10-12H,5,9H2,1-2H3/q+1. The van der Waals surface area contributed by atoms with E-state index in [1.54, 1.807) is 0 Å². The Balaban J connectivity index is 2.19. The third-order valence-corrected chi connectivity index (χ3v) is 3.69. The van der Waals surface area contributed by atoms with Crippen molar-refractivity contribution >= 4 is 6.08 Å². The summed E-state index contributed by atoms with van der Waals surface area (Å²) >= 11 is 0. The van der Waals surface area contributed by atoms with Gasteiger partial charge in [0.25, 0.3) is 0 Å². The van der Waals surface area contributed by atoms with Crippen molar-refractivity contribution in [3.8, 4) is 11.3 Å². The Morgan fingerprint density at radius 2 is 2.00 bits per heavy atom. The Morgan fingerprint density at radius 1 is 1.17 bits per heavy atom. The van der Waals surface area contributed by atoms with Crippen LogP contribution in [0.25, 0.3) is 17.3 Å². The SMILES string of the molecule is Cc1ccccc1-c1cc2c(c[n+]1C)CCC=C2. The van der Waals surface area contributed by atoms with E-state index >= 15 is 0 Å². The first kappa shape index (κ1) is 11.2. The van der Waals surface area contributed by atoms with Crippen molar-refractivity contribution in [3.05, 3.63) is 59.3 Å². The van der Waals surface area contributed by atoms with Crippen LogP contribution in [0.5, 0.6) is 0 Å². The van der Waals surface area contributed by atoms with Gasteiger partial charge in [0.05, 0.1) is 0 Å². The molecule has 0 saturated heterocycles. The van der Waals surface area contributed by atoms with Gasteiger partial charge in [-0.25, -0.2) is 4.57 Å². The molecule has 0 spiro atoms. The lowest BCUT2D eigenvalue weighted by atomic mass is 9.96. The third-order valence-electron chi connectivity index (χ3n) is 3.69. The number of nitrogens with zero attached hydrogens (tertiary/aromatic N) is 1. The lowest BCUT2D eigenvalue weighted by Crippen LogP contribution is -2.32. The Hall–Kier alpha value is -1.89. The van der Waals surface area contributed by atoms with Crippen LogP contribution in [0.3, 0.4) is 0 Å². The van der Waals surface area contributed by atoms with Gasteiger partial charge in [-0.1, -0.05) is 30.4 Å². The van der Waals surface area contributed by atoms with Crippen LogP contribution in [-0.4, -0.2) is 0 Å². The van der Waals surface area contributed by atoms with E-state index in [9.17, 15) is 0 Å². The van der Waals surface area contributed by atoms with E-state index in [1.807, 2.05) is 0 Å². The summed E-state index contributed by atoms with van der Waals surface area (Å²) in [7, 11) is 2.14. The summed E-state index contributed by atoms with van der Waals surface area (Å²) in [5, 5.41) is 0. The first-order valence-corrected chi connectivity index (χ1v) is 6.51. The number of benzene rings is 1. The van der Waals surface area contributed by atoms with E-state index in [4.69, 9.17) is 0 Å². The van der Waals surface area contributed by atoms with E-state index in [-0.39, 0.29) is 0 Å². The Morgan fingerprint density at radius 3 is 2.83 bits per heavy atom. The fourth-order valence-electron chi connectivity index (χ4n) is 2.66. The molecular weight excluding hydrogens is 218 g/mol. The molecule has 1 heteroatoms.